The van der Waals surface area contributed by atoms with Crippen LogP contribution in [0.25, 0.3) is 16.7 Å². The molecule has 0 saturated heterocycles. The maximum Gasteiger partial charge on any atom is 0.341 e. The van der Waals surface area contributed by atoms with E-state index in [9.17, 15) is 19.1 Å². The summed E-state index contributed by atoms with van der Waals surface area (Å²) in [5.74, 6) is -2.04. The number of halogens is 2. The number of fused-ring (bicyclic) bond motifs is 1. The molecule has 0 atom stereocenters. The van der Waals surface area contributed by atoms with E-state index < -0.39 is 22.8 Å². The molecule has 0 aliphatic rings. The molecule has 2 aromatic heterocycles. The first-order chi connectivity index (χ1) is 12.3. The summed E-state index contributed by atoms with van der Waals surface area (Å²) in [4.78, 5) is 28.0. The zero-order valence-electron chi connectivity index (χ0n) is 14.8. The van der Waals surface area contributed by atoms with E-state index in [1.165, 1.54) is 16.7 Å². The van der Waals surface area contributed by atoms with Gasteiger partial charge in [-0.3, -0.25) is 4.79 Å². The summed E-state index contributed by atoms with van der Waals surface area (Å²) in [7, 11) is 0. The third-order valence-electron chi connectivity index (χ3n) is 3.82. The molecule has 0 bridgehead atoms. The van der Waals surface area contributed by atoms with Gasteiger partial charge in [-0.15, -0.1) is 0 Å². The van der Waals surface area contributed by atoms with Crippen LogP contribution in [0.1, 0.15) is 35.5 Å². The van der Waals surface area contributed by atoms with Gasteiger partial charge in [0.1, 0.15) is 16.9 Å². The molecule has 0 aliphatic heterocycles. The fraction of sp³-hybridized carbons (Fsp3) is 0.211. The van der Waals surface area contributed by atoms with Crippen molar-refractivity contribution in [1.82, 2.24) is 9.55 Å². The van der Waals surface area contributed by atoms with Gasteiger partial charge in [0, 0.05) is 16.9 Å². The zero-order valence-corrected chi connectivity index (χ0v) is 15.6. The van der Waals surface area contributed by atoms with E-state index in [0.717, 1.165) is 17.8 Å². The van der Waals surface area contributed by atoms with Crippen molar-refractivity contribution in [2.45, 2.75) is 27.7 Å². The van der Waals surface area contributed by atoms with Crippen LogP contribution in [-0.2, 0) is 0 Å². The van der Waals surface area contributed by atoms with Gasteiger partial charge in [0.05, 0.1) is 11.2 Å². The number of benzene rings is 1. The molecule has 7 heteroatoms. The predicted octanol–water partition coefficient (Wildman–Crippen LogP) is 4.52. The Morgan fingerprint density at radius 1 is 1.23 bits per heavy atom. The van der Waals surface area contributed by atoms with Gasteiger partial charge in [-0.25, -0.2) is 14.2 Å². The fourth-order valence-corrected chi connectivity index (χ4v) is 2.61. The van der Waals surface area contributed by atoms with Crippen molar-refractivity contribution in [3.63, 3.8) is 0 Å². The highest BCUT2D eigenvalue weighted by Gasteiger charge is 2.18. The van der Waals surface area contributed by atoms with E-state index in [1.54, 1.807) is 19.9 Å². The molecule has 3 rings (SSSR count). The van der Waals surface area contributed by atoms with Crippen molar-refractivity contribution in [2.75, 3.05) is 0 Å². The van der Waals surface area contributed by atoms with Crippen molar-refractivity contribution < 1.29 is 14.3 Å². The SMILES string of the molecule is CC.Cc1cc2c(nc1C)c(=O)c(C(=O)O)cn2-c1ccc(Cl)cc1F. The number of nitrogens with zero attached hydrogens (tertiary/aromatic N) is 2. The standard InChI is InChI=1S/C17H12ClFN2O3.C2H6/c1-8-5-14-15(20-9(8)2)16(22)11(17(23)24)7-21(14)13-4-3-10(18)6-12(13)19;1-2/h3-7H,1-2H3,(H,23,24);1-2H3. The largest absolute Gasteiger partial charge is 0.477 e. The van der Waals surface area contributed by atoms with Crippen molar-refractivity contribution >= 4 is 28.6 Å². The van der Waals surface area contributed by atoms with Crippen molar-refractivity contribution in [2.24, 2.45) is 0 Å². The van der Waals surface area contributed by atoms with Gasteiger partial charge >= 0.3 is 5.97 Å². The van der Waals surface area contributed by atoms with E-state index in [0.29, 0.717) is 11.2 Å². The zero-order chi connectivity index (χ0) is 19.6. The number of carboxylic acids is 1. The van der Waals surface area contributed by atoms with E-state index in [-0.39, 0.29) is 16.2 Å². The van der Waals surface area contributed by atoms with Crippen LogP contribution in [0.15, 0.2) is 35.3 Å². The second-order valence-electron chi connectivity index (χ2n) is 5.40. The minimum atomic E-state index is -1.40. The van der Waals surface area contributed by atoms with E-state index >= 15 is 0 Å². The molecular formula is C19H18ClFN2O3. The maximum absolute atomic E-state index is 14.3. The summed E-state index contributed by atoms with van der Waals surface area (Å²) >= 11 is 5.77. The summed E-state index contributed by atoms with van der Waals surface area (Å²) in [6.45, 7) is 7.52. The lowest BCUT2D eigenvalue weighted by Gasteiger charge is -2.14. The van der Waals surface area contributed by atoms with Gasteiger partial charge in [-0.1, -0.05) is 25.4 Å². The highest BCUT2D eigenvalue weighted by Crippen LogP contribution is 2.23. The van der Waals surface area contributed by atoms with Crippen molar-refractivity contribution in [1.29, 1.82) is 0 Å². The van der Waals surface area contributed by atoms with Crippen LogP contribution in [0.3, 0.4) is 0 Å². The average molecular weight is 377 g/mol. The molecule has 1 aromatic carbocycles. The first-order valence-electron chi connectivity index (χ1n) is 8.02. The lowest BCUT2D eigenvalue weighted by molar-refractivity contribution is 0.0695. The summed E-state index contributed by atoms with van der Waals surface area (Å²) < 4.78 is 15.6. The van der Waals surface area contributed by atoms with E-state index in [4.69, 9.17) is 11.6 Å². The number of aromatic nitrogens is 2. The molecule has 0 spiro atoms. The number of carboxylic acid groups (broad SMARTS) is 1. The highest BCUT2D eigenvalue weighted by atomic mass is 35.5. The van der Waals surface area contributed by atoms with Gasteiger partial charge in [0.2, 0.25) is 5.43 Å². The van der Waals surface area contributed by atoms with Crippen LogP contribution >= 0.6 is 11.6 Å². The Bertz CT molecular complexity index is 1060. The molecule has 5 nitrogen and oxygen atoms in total. The molecular weight excluding hydrogens is 359 g/mol. The van der Waals surface area contributed by atoms with Gasteiger partial charge in [-0.05, 0) is 43.7 Å². The second kappa shape index (κ2) is 7.66. The van der Waals surface area contributed by atoms with E-state index in [2.05, 4.69) is 4.98 Å². The Morgan fingerprint density at radius 3 is 2.46 bits per heavy atom. The summed E-state index contributed by atoms with van der Waals surface area (Å²) in [5.41, 5.74) is 0.607. The molecule has 136 valence electrons. The van der Waals surface area contributed by atoms with Gasteiger partial charge in [0.25, 0.3) is 0 Å². The Kier molecular flexibility index (Phi) is 5.77. The number of hydrogen-bond donors (Lipinski definition) is 1. The lowest BCUT2D eigenvalue weighted by Crippen LogP contribution is -2.20. The monoisotopic (exact) mass is 376 g/mol. The van der Waals surface area contributed by atoms with Crippen LogP contribution in [0.2, 0.25) is 5.02 Å². The van der Waals surface area contributed by atoms with Crippen LogP contribution in [0.5, 0.6) is 0 Å². The fourth-order valence-electron chi connectivity index (χ4n) is 2.45. The minimum Gasteiger partial charge on any atom is -0.477 e. The Labute approximate surface area is 154 Å². The normalized spacial score (nSPS) is 10.4. The third kappa shape index (κ3) is 3.46. The molecule has 0 fully saturated rings. The number of rotatable bonds is 2. The van der Waals surface area contributed by atoms with Crippen molar-refractivity contribution in [3.8, 4) is 5.69 Å². The molecule has 1 N–H and O–H groups in total. The molecule has 0 unspecified atom stereocenters. The second-order valence-corrected chi connectivity index (χ2v) is 5.84. The van der Waals surface area contributed by atoms with Gasteiger partial charge < -0.3 is 9.67 Å². The van der Waals surface area contributed by atoms with Crippen LogP contribution in [0.4, 0.5) is 4.39 Å². The summed E-state index contributed by atoms with van der Waals surface area (Å²) in [6, 6.07) is 5.70. The Hall–Kier alpha value is -2.73. The number of aromatic carboxylic acids is 1. The number of hydrogen-bond acceptors (Lipinski definition) is 3. The highest BCUT2D eigenvalue weighted by molar-refractivity contribution is 6.30. The smallest absolute Gasteiger partial charge is 0.341 e. The molecule has 0 amide bonds. The third-order valence-corrected chi connectivity index (χ3v) is 4.06. The van der Waals surface area contributed by atoms with Crippen LogP contribution in [-0.4, -0.2) is 20.6 Å². The summed E-state index contributed by atoms with van der Waals surface area (Å²) in [6.07, 6.45) is 1.11. The molecule has 0 aliphatic carbocycles. The lowest BCUT2D eigenvalue weighted by atomic mass is 10.1. The van der Waals surface area contributed by atoms with Crippen molar-refractivity contribution in [3.05, 3.63) is 68.3 Å². The molecule has 0 radical (unpaired) electrons. The first kappa shape index (κ1) is 19.6. The van der Waals surface area contributed by atoms with E-state index in [1.807, 2.05) is 13.8 Å². The Morgan fingerprint density at radius 2 is 1.88 bits per heavy atom. The van der Waals surface area contributed by atoms with Crippen LogP contribution < -0.4 is 5.43 Å². The quantitative estimate of drug-likeness (QED) is 0.713. The molecule has 0 saturated carbocycles. The average Bonchev–Trinajstić information content (AvgIpc) is 2.59. The van der Waals surface area contributed by atoms with Gasteiger partial charge in [-0.2, -0.15) is 0 Å². The number of carbonyl (C=O) groups is 1. The Balaban J connectivity index is 0.00000117. The first-order valence-corrected chi connectivity index (χ1v) is 8.39. The maximum atomic E-state index is 14.3. The van der Waals surface area contributed by atoms with Gasteiger partial charge in [0.15, 0.2) is 0 Å². The molecule has 2 heterocycles. The predicted molar refractivity (Wildman–Crippen MR) is 100 cm³/mol. The molecule has 26 heavy (non-hydrogen) atoms. The molecule has 3 aromatic rings. The summed E-state index contributed by atoms with van der Waals surface area (Å²) in [5, 5.41) is 9.49. The topological polar surface area (TPSA) is 72.2 Å². The minimum absolute atomic E-state index is 0.0210. The number of aryl methyl sites for hydroxylation is 2. The number of pyridine rings is 2. The van der Waals surface area contributed by atoms with Crippen LogP contribution in [0, 0.1) is 19.7 Å².